The van der Waals surface area contributed by atoms with Crippen molar-refractivity contribution in [1.82, 2.24) is 0 Å². The number of rotatable bonds is 5. The summed E-state index contributed by atoms with van der Waals surface area (Å²) >= 11 is 7.65. The lowest BCUT2D eigenvalue weighted by Crippen LogP contribution is -2.13. The monoisotopic (exact) mass is 272 g/mol. The molecule has 1 rings (SSSR count). The molecular weight excluding hydrogens is 256 g/mol. The van der Waals surface area contributed by atoms with Crippen LogP contribution in [0.2, 0.25) is 5.02 Å². The van der Waals surface area contributed by atoms with Crippen molar-refractivity contribution in [2.75, 3.05) is 11.5 Å². The fourth-order valence-corrected chi connectivity index (χ4v) is 2.88. The Kier molecular flexibility index (Phi) is 5.15. The molecule has 1 unspecified atom stereocenters. The average molecular weight is 273 g/mol. The Morgan fingerprint density at radius 1 is 1.53 bits per heavy atom. The largest absolute Gasteiger partial charge is 0.399 e. The molecule has 1 aromatic carbocycles. The van der Waals surface area contributed by atoms with Crippen LogP contribution in [-0.4, -0.2) is 11.7 Å². The van der Waals surface area contributed by atoms with Gasteiger partial charge in [0.2, 0.25) is 5.91 Å². The Hall–Kier alpha value is -0.870. The van der Waals surface area contributed by atoms with E-state index in [1.807, 2.05) is 0 Å². The number of thioether (sulfide) groups is 1. The second-order valence-electron chi connectivity index (χ2n) is 4.07. The summed E-state index contributed by atoms with van der Waals surface area (Å²) in [5, 5.41) is 0.493. The number of carbonyl (C=O) groups is 1. The second kappa shape index (κ2) is 6.17. The minimum atomic E-state index is -0.495. The Balaban J connectivity index is 3.00. The van der Waals surface area contributed by atoms with Gasteiger partial charge < -0.3 is 11.5 Å². The van der Waals surface area contributed by atoms with E-state index >= 15 is 0 Å². The summed E-state index contributed by atoms with van der Waals surface area (Å²) in [5.74, 6) is 0.973. The molecule has 0 spiro atoms. The Morgan fingerprint density at radius 2 is 2.18 bits per heavy atom. The number of anilines is 1. The summed E-state index contributed by atoms with van der Waals surface area (Å²) in [4.78, 5) is 12.1. The Labute approximate surface area is 111 Å². The number of benzene rings is 1. The van der Waals surface area contributed by atoms with Crippen molar-refractivity contribution in [3.05, 3.63) is 22.7 Å². The second-order valence-corrected chi connectivity index (χ2v) is 5.51. The molecule has 17 heavy (non-hydrogen) atoms. The highest BCUT2D eigenvalue weighted by Crippen LogP contribution is 2.34. The number of hydrogen-bond donors (Lipinski definition) is 2. The Bertz CT molecular complexity index is 423. The highest BCUT2D eigenvalue weighted by molar-refractivity contribution is 7.99. The fraction of sp³-hybridized carbons (Fsp3) is 0.417. The highest BCUT2D eigenvalue weighted by atomic mass is 35.5. The number of nitrogens with two attached hydrogens (primary N) is 2. The van der Waals surface area contributed by atoms with Gasteiger partial charge in [0.15, 0.2) is 0 Å². The number of amides is 1. The van der Waals surface area contributed by atoms with Crippen LogP contribution in [-0.2, 0) is 0 Å². The van der Waals surface area contributed by atoms with Crippen LogP contribution in [0, 0.1) is 5.92 Å². The zero-order chi connectivity index (χ0) is 13.0. The standard InChI is InChI=1S/C12H17ClN2OS/c1-3-7(2)6-17-11-9(12(15)16)4-8(14)5-10(11)13/h4-5,7H,3,6,14H2,1-2H3,(H2,15,16). The van der Waals surface area contributed by atoms with Crippen molar-refractivity contribution in [3.63, 3.8) is 0 Å². The Morgan fingerprint density at radius 3 is 2.71 bits per heavy atom. The summed E-state index contributed by atoms with van der Waals surface area (Å²) in [6.07, 6.45) is 1.09. The minimum Gasteiger partial charge on any atom is -0.399 e. The first kappa shape index (κ1) is 14.2. The molecule has 0 saturated heterocycles. The van der Waals surface area contributed by atoms with Crippen LogP contribution in [0.15, 0.2) is 17.0 Å². The highest BCUT2D eigenvalue weighted by Gasteiger charge is 2.14. The van der Waals surface area contributed by atoms with E-state index in [1.54, 1.807) is 23.9 Å². The molecule has 3 nitrogen and oxygen atoms in total. The molecule has 0 aromatic heterocycles. The van der Waals surface area contributed by atoms with Crippen molar-refractivity contribution < 1.29 is 4.79 Å². The summed E-state index contributed by atoms with van der Waals surface area (Å²) in [6.45, 7) is 4.28. The van der Waals surface area contributed by atoms with Gasteiger partial charge in [-0.2, -0.15) is 0 Å². The molecule has 4 N–H and O–H groups in total. The summed E-state index contributed by atoms with van der Waals surface area (Å²) < 4.78 is 0. The smallest absolute Gasteiger partial charge is 0.249 e. The molecule has 0 fully saturated rings. The third kappa shape index (κ3) is 3.82. The van der Waals surface area contributed by atoms with Gasteiger partial charge in [0, 0.05) is 16.3 Å². The lowest BCUT2D eigenvalue weighted by Gasteiger charge is -2.12. The van der Waals surface area contributed by atoms with Crippen LogP contribution in [0.3, 0.4) is 0 Å². The van der Waals surface area contributed by atoms with E-state index < -0.39 is 5.91 Å². The molecule has 1 atom stereocenters. The first-order chi connectivity index (χ1) is 7.95. The van der Waals surface area contributed by atoms with Crippen molar-refractivity contribution in [1.29, 1.82) is 0 Å². The molecule has 1 amide bonds. The third-order valence-corrected chi connectivity index (χ3v) is 4.41. The topological polar surface area (TPSA) is 69.1 Å². The van der Waals surface area contributed by atoms with Crippen LogP contribution in [0.1, 0.15) is 30.6 Å². The number of primary amides is 1. The van der Waals surface area contributed by atoms with Crippen molar-refractivity contribution in [2.45, 2.75) is 25.2 Å². The molecule has 1 aromatic rings. The summed E-state index contributed by atoms with van der Waals surface area (Å²) in [5.41, 5.74) is 11.8. The molecule has 0 radical (unpaired) electrons. The van der Waals surface area contributed by atoms with E-state index in [4.69, 9.17) is 23.1 Å². The lowest BCUT2D eigenvalue weighted by atomic mass is 10.2. The number of hydrogen-bond acceptors (Lipinski definition) is 3. The molecule has 0 bridgehead atoms. The van der Waals surface area contributed by atoms with Crippen LogP contribution in [0.5, 0.6) is 0 Å². The van der Waals surface area contributed by atoms with Crippen LogP contribution in [0.25, 0.3) is 0 Å². The zero-order valence-corrected chi connectivity index (χ0v) is 11.6. The van der Waals surface area contributed by atoms with E-state index in [0.29, 0.717) is 22.2 Å². The number of carbonyl (C=O) groups excluding carboxylic acids is 1. The normalized spacial score (nSPS) is 12.4. The van der Waals surface area contributed by atoms with Crippen LogP contribution in [0.4, 0.5) is 5.69 Å². The molecule has 0 aliphatic rings. The van der Waals surface area contributed by atoms with E-state index in [0.717, 1.165) is 17.1 Å². The molecule has 94 valence electrons. The molecule has 0 saturated carbocycles. The summed E-state index contributed by atoms with van der Waals surface area (Å²) in [7, 11) is 0. The van der Waals surface area contributed by atoms with Gasteiger partial charge in [-0.15, -0.1) is 11.8 Å². The van der Waals surface area contributed by atoms with Gasteiger partial charge in [-0.25, -0.2) is 0 Å². The maximum atomic E-state index is 11.3. The van der Waals surface area contributed by atoms with E-state index in [1.165, 1.54) is 0 Å². The van der Waals surface area contributed by atoms with Gasteiger partial charge in [0.1, 0.15) is 0 Å². The SMILES string of the molecule is CCC(C)CSc1c(Cl)cc(N)cc1C(N)=O. The minimum absolute atomic E-state index is 0.406. The predicted molar refractivity (Wildman–Crippen MR) is 74.6 cm³/mol. The molecular formula is C12H17ClN2OS. The van der Waals surface area contributed by atoms with Gasteiger partial charge in [-0.05, 0) is 18.1 Å². The molecule has 0 aliphatic heterocycles. The molecule has 5 heteroatoms. The molecule has 0 aliphatic carbocycles. The maximum Gasteiger partial charge on any atom is 0.249 e. The first-order valence-electron chi connectivity index (χ1n) is 5.47. The number of halogens is 1. The van der Waals surface area contributed by atoms with E-state index in [9.17, 15) is 4.79 Å². The summed E-state index contributed by atoms with van der Waals surface area (Å²) in [6, 6.07) is 3.22. The van der Waals surface area contributed by atoms with E-state index in [2.05, 4.69) is 13.8 Å². The average Bonchev–Trinajstić information content (AvgIpc) is 2.26. The predicted octanol–water partition coefficient (Wildman–Crippen LogP) is 3.16. The van der Waals surface area contributed by atoms with Gasteiger partial charge in [0.05, 0.1) is 10.6 Å². The molecule has 0 heterocycles. The van der Waals surface area contributed by atoms with Gasteiger partial charge in [-0.1, -0.05) is 31.9 Å². The van der Waals surface area contributed by atoms with Crippen LogP contribution >= 0.6 is 23.4 Å². The number of nitrogen functional groups attached to an aromatic ring is 1. The first-order valence-corrected chi connectivity index (χ1v) is 6.83. The van der Waals surface area contributed by atoms with Gasteiger partial charge >= 0.3 is 0 Å². The zero-order valence-electron chi connectivity index (χ0n) is 10.00. The quantitative estimate of drug-likeness (QED) is 0.639. The van der Waals surface area contributed by atoms with Crippen molar-refractivity contribution in [3.8, 4) is 0 Å². The van der Waals surface area contributed by atoms with E-state index in [-0.39, 0.29) is 0 Å². The fourth-order valence-electron chi connectivity index (χ4n) is 1.29. The van der Waals surface area contributed by atoms with Crippen LogP contribution < -0.4 is 11.5 Å². The van der Waals surface area contributed by atoms with Gasteiger partial charge in [0.25, 0.3) is 0 Å². The van der Waals surface area contributed by atoms with Gasteiger partial charge in [-0.3, -0.25) is 4.79 Å². The van der Waals surface area contributed by atoms with Crippen molar-refractivity contribution >= 4 is 35.0 Å². The lowest BCUT2D eigenvalue weighted by molar-refractivity contribution is 0.0997. The van der Waals surface area contributed by atoms with Crippen molar-refractivity contribution in [2.24, 2.45) is 11.7 Å². The maximum absolute atomic E-state index is 11.3. The third-order valence-electron chi connectivity index (χ3n) is 2.54.